The molecule has 0 saturated heterocycles. The first-order valence-electron chi connectivity index (χ1n) is 9.16. The third-order valence-electron chi connectivity index (χ3n) is 4.32. The minimum Gasteiger partial charge on any atom is -0.321 e. The zero-order valence-electron chi connectivity index (χ0n) is 16.1. The van der Waals surface area contributed by atoms with Gasteiger partial charge in [0, 0.05) is 11.2 Å². The molecule has 9 heteroatoms. The second-order valence-electron chi connectivity index (χ2n) is 6.42. The van der Waals surface area contributed by atoms with E-state index in [1.807, 2.05) is 66.1 Å². The first kappa shape index (κ1) is 19.6. The highest BCUT2D eigenvalue weighted by molar-refractivity contribution is 7.99. The third kappa shape index (κ3) is 4.31. The van der Waals surface area contributed by atoms with Crippen LogP contribution < -0.4 is 11.0 Å². The van der Waals surface area contributed by atoms with E-state index in [2.05, 4.69) is 25.7 Å². The largest absolute Gasteiger partial charge is 0.321 e. The van der Waals surface area contributed by atoms with Gasteiger partial charge in [0.2, 0.25) is 0 Å². The van der Waals surface area contributed by atoms with Crippen molar-refractivity contribution in [1.29, 1.82) is 0 Å². The summed E-state index contributed by atoms with van der Waals surface area (Å²) in [5.41, 5.74) is 4.21. The molecular weight excluding hydrogens is 400 g/mol. The molecule has 2 aromatic heterocycles. The molecular formula is C21H18N6O2S. The van der Waals surface area contributed by atoms with E-state index in [1.54, 1.807) is 6.07 Å². The van der Waals surface area contributed by atoms with Gasteiger partial charge in [-0.05, 0) is 36.6 Å². The fourth-order valence-electron chi connectivity index (χ4n) is 2.91. The summed E-state index contributed by atoms with van der Waals surface area (Å²) in [6.45, 7) is 1.86. The lowest BCUT2D eigenvalue weighted by Crippen LogP contribution is -2.21. The zero-order valence-corrected chi connectivity index (χ0v) is 16.9. The van der Waals surface area contributed by atoms with Gasteiger partial charge in [-0.25, -0.2) is 5.43 Å². The molecule has 1 amide bonds. The van der Waals surface area contributed by atoms with E-state index in [1.165, 1.54) is 18.0 Å². The number of pyridine rings is 1. The summed E-state index contributed by atoms with van der Waals surface area (Å²) in [7, 11) is 0. The molecule has 0 aliphatic rings. The van der Waals surface area contributed by atoms with Crippen LogP contribution in [-0.2, 0) is 4.79 Å². The van der Waals surface area contributed by atoms with Crippen LogP contribution in [-0.4, -0.2) is 37.6 Å². The number of para-hydroxylation sites is 2. The van der Waals surface area contributed by atoms with Gasteiger partial charge >= 0.3 is 0 Å². The molecule has 0 aliphatic carbocycles. The number of aromatic amines is 1. The number of aryl methyl sites for hydroxylation is 1. The molecule has 2 aromatic carbocycles. The van der Waals surface area contributed by atoms with Gasteiger partial charge in [0.1, 0.15) is 5.82 Å². The molecule has 2 N–H and O–H groups in total. The lowest BCUT2D eigenvalue weighted by atomic mass is 10.2. The van der Waals surface area contributed by atoms with Gasteiger partial charge in [0.25, 0.3) is 11.5 Å². The minimum atomic E-state index is -0.311. The predicted molar refractivity (Wildman–Crippen MR) is 117 cm³/mol. The van der Waals surface area contributed by atoms with Crippen LogP contribution >= 0.6 is 11.8 Å². The number of hydrogen-bond acceptors (Lipinski definition) is 6. The van der Waals surface area contributed by atoms with Gasteiger partial charge in [0.05, 0.1) is 17.5 Å². The number of nitrogens with zero attached hydrogens (tertiary/aromatic N) is 4. The molecule has 2 heterocycles. The molecule has 150 valence electrons. The van der Waals surface area contributed by atoms with E-state index in [-0.39, 0.29) is 17.2 Å². The Kier molecular flexibility index (Phi) is 5.71. The standard InChI is InChI=1S/C21H18N6O2S/c1-14-24-26-21(27(14)17-8-3-2-4-9-17)30-13-19(28)25-22-12-16-11-15-7-5-6-10-18(15)23-20(16)29/h2-12H,13H2,1H3,(H,23,29)(H,25,28)/b22-12+. The number of amides is 1. The Morgan fingerprint density at radius 2 is 1.93 bits per heavy atom. The summed E-state index contributed by atoms with van der Waals surface area (Å²) in [5.74, 6) is 0.530. The van der Waals surface area contributed by atoms with Crippen molar-refractivity contribution in [1.82, 2.24) is 25.2 Å². The van der Waals surface area contributed by atoms with Crippen molar-refractivity contribution in [3.8, 4) is 5.69 Å². The van der Waals surface area contributed by atoms with Gasteiger partial charge in [-0.2, -0.15) is 5.10 Å². The van der Waals surface area contributed by atoms with Crippen molar-refractivity contribution < 1.29 is 4.79 Å². The maximum absolute atomic E-state index is 12.2. The van der Waals surface area contributed by atoms with Gasteiger partial charge in [-0.3, -0.25) is 14.2 Å². The van der Waals surface area contributed by atoms with E-state index < -0.39 is 0 Å². The van der Waals surface area contributed by atoms with Crippen molar-refractivity contribution in [3.63, 3.8) is 0 Å². The van der Waals surface area contributed by atoms with Crippen molar-refractivity contribution in [2.24, 2.45) is 5.10 Å². The highest BCUT2D eigenvalue weighted by atomic mass is 32.2. The average Bonchev–Trinajstić information content (AvgIpc) is 3.13. The smallest absolute Gasteiger partial charge is 0.257 e. The first-order valence-corrected chi connectivity index (χ1v) is 10.1. The summed E-state index contributed by atoms with van der Waals surface area (Å²) in [5, 5.41) is 13.7. The van der Waals surface area contributed by atoms with Crippen molar-refractivity contribution in [2.45, 2.75) is 12.1 Å². The molecule has 0 unspecified atom stereocenters. The predicted octanol–water partition coefficient (Wildman–Crippen LogP) is 2.66. The van der Waals surface area contributed by atoms with Crippen molar-refractivity contribution >= 4 is 34.8 Å². The summed E-state index contributed by atoms with van der Waals surface area (Å²) in [6.07, 6.45) is 1.34. The number of thioether (sulfide) groups is 1. The topological polar surface area (TPSA) is 105 Å². The number of carbonyl (C=O) groups is 1. The summed E-state index contributed by atoms with van der Waals surface area (Å²) >= 11 is 1.26. The Balaban J connectivity index is 1.40. The number of aromatic nitrogens is 4. The zero-order chi connectivity index (χ0) is 20.9. The highest BCUT2D eigenvalue weighted by Gasteiger charge is 2.13. The Morgan fingerprint density at radius 3 is 2.77 bits per heavy atom. The number of carbonyl (C=O) groups excluding carboxylic acids is 1. The molecule has 0 aliphatic heterocycles. The second-order valence-corrected chi connectivity index (χ2v) is 7.37. The number of rotatable bonds is 6. The molecule has 4 rings (SSSR count). The van der Waals surface area contributed by atoms with E-state index in [4.69, 9.17) is 0 Å². The Bertz CT molecular complexity index is 1280. The van der Waals surface area contributed by atoms with Crippen LogP contribution in [0, 0.1) is 6.92 Å². The van der Waals surface area contributed by atoms with Crippen molar-refractivity contribution in [3.05, 3.63) is 82.4 Å². The molecule has 0 saturated carbocycles. The SMILES string of the molecule is Cc1nnc(SCC(=O)N/N=C/c2cc3ccccc3[nH]c2=O)n1-c1ccccc1. The van der Waals surface area contributed by atoms with Crippen LogP contribution in [0.2, 0.25) is 0 Å². The molecule has 4 aromatic rings. The maximum Gasteiger partial charge on any atom is 0.257 e. The van der Waals surface area contributed by atoms with E-state index in [0.29, 0.717) is 10.7 Å². The molecule has 0 atom stereocenters. The van der Waals surface area contributed by atoms with E-state index >= 15 is 0 Å². The normalized spacial score (nSPS) is 11.2. The van der Waals surface area contributed by atoms with Crippen LogP contribution in [0.4, 0.5) is 0 Å². The lowest BCUT2D eigenvalue weighted by molar-refractivity contribution is -0.118. The van der Waals surface area contributed by atoms with Crippen molar-refractivity contribution in [2.75, 3.05) is 5.75 Å². The lowest BCUT2D eigenvalue weighted by Gasteiger charge is -2.07. The van der Waals surface area contributed by atoms with E-state index in [0.717, 1.165) is 22.4 Å². The summed E-state index contributed by atoms with van der Waals surface area (Å²) in [6, 6.07) is 18.9. The highest BCUT2D eigenvalue weighted by Crippen LogP contribution is 2.21. The second kappa shape index (κ2) is 8.75. The molecule has 30 heavy (non-hydrogen) atoms. The number of H-pyrrole nitrogens is 1. The van der Waals surface area contributed by atoms with Crippen LogP contribution in [0.5, 0.6) is 0 Å². The van der Waals surface area contributed by atoms with Crippen LogP contribution in [0.25, 0.3) is 16.6 Å². The molecule has 0 radical (unpaired) electrons. The van der Waals surface area contributed by atoms with Gasteiger partial charge in [-0.1, -0.05) is 48.2 Å². The maximum atomic E-state index is 12.2. The summed E-state index contributed by atoms with van der Waals surface area (Å²) < 4.78 is 1.88. The number of fused-ring (bicyclic) bond motifs is 1. The minimum absolute atomic E-state index is 0.108. The van der Waals surface area contributed by atoms with Gasteiger partial charge in [-0.15, -0.1) is 10.2 Å². The summed E-state index contributed by atoms with van der Waals surface area (Å²) in [4.78, 5) is 27.1. The number of hydrogen-bond donors (Lipinski definition) is 2. The monoisotopic (exact) mass is 418 g/mol. The molecule has 0 spiro atoms. The number of nitrogens with one attached hydrogen (secondary N) is 2. The van der Waals surface area contributed by atoms with Crippen LogP contribution in [0.1, 0.15) is 11.4 Å². The average molecular weight is 418 g/mol. The quantitative estimate of drug-likeness (QED) is 0.285. The third-order valence-corrected chi connectivity index (χ3v) is 5.25. The first-order chi connectivity index (χ1) is 14.6. The van der Waals surface area contributed by atoms with Crippen LogP contribution in [0.3, 0.4) is 0 Å². The van der Waals surface area contributed by atoms with Crippen LogP contribution in [0.15, 0.2) is 75.7 Å². The number of hydrazone groups is 1. The Hall–Kier alpha value is -3.72. The fraction of sp³-hybridized carbons (Fsp3) is 0.0952. The molecule has 8 nitrogen and oxygen atoms in total. The Morgan fingerprint density at radius 1 is 1.17 bits per heavy atom. The Labute approximate surface area is 176 Å². The van der Waals surface area contributed by atoms with Gasteiger partial charge in [0.15, 0.2) is 5.16 Å². The van der Waals surface area contributed by atoms with E-state index in [9.17, 15) is 9.59 Å². The molecule has 0 fully saturated rings. The van der Waals surface area contributed by atoms with Gasteiger partial charge < -0.3 is 4.98 Å². The number of benzene rings is 2. The fourth-order valence-corrected chi connectivity index (χ4v) is 3.70. The molecule has 0 bridgehead atoms.